The van der Waals surface area contributed by atoms with E-state index >= 15 is 0 Å². The zero-order chi connectivity index (χ0) is 21.0. The van der Waals surface area contributed by atoms with Crippen LogP contribution in [0, 0.1) is 5.82 Å². The van der Waals surface area contributed by atoms with Crippen LogP contribution in [0.3, 0.4) is 0 Å². The van der Waals surface area contributed by atoms with E-state index in [1.807, 2.05) is 4.68 Å². The first-order chi connectivity index (χ1) is 14.3. The van der Waals surface area contributed by atoms with E-state index in [1.165, 1.54) is 22.5 Å². The molecule has 0 bridgehead atoms. The lowest BCUT2D eigenvalue weighted by Gasteiger charge is -2.39. The molecule has 2 atom stereocenters. The van der Waals surface area contributed by atoms with E-state index in [9.17, 15) is 17.6 Å². The number of sulfonamides is 1. The van der Waals surface area contributed by atoms with Gasteiger partial charge in [0.05, 0.1) is 47.0 Å². The Morgan fingerprint density at radius 1 is 1.23 bits per heavy atom. The number of nitrogens with zero attached hydrogens (tertiary/aromatic N) is 4. The van der Waals surface area contributed by atoms with Crippen LogP contribution in [0.15, 0.2) is 24.4 Å². The highest BCUT2D eigenvalue weighted by atomic mass is 35.5. The molecule has 2 amide bonds. The Balaban J connectivity index is 1.46. The molecule has 1 aliphatic carbocycles. The summed E-state index contributed by atoms with van der Waals surface area (Å²) in [5, 5.41) is 7.23. The number of carbonyl (C=O) groups is 1. The van der Waals surface area contributed by atoms with Crippen LogP contribution in [0.1, 0.15) is 37.4 Å². The highest BCUT2D eigenvalue weighted by Crippen LogP contribution is 2.42. The maximum atomic E-state index is 13.4. The summed E-state index contributed by atoms with van der Waals surface area (Å²) in [5.41, 5.74) is 1.69. The van der Waals surface area contributed by atoms with Crippen molar-refractivity contribution in [3.8, 4) is 0 Å². The molecule has 0 radical (unpaired) electrons. The molecular weight excluding hydrogens is 433 g/mol. The second-order valence-electron chi connectivity index (χ2n) is 7.92. The number of nitrogens with one attached hydrogen (secondary N) is 1. The normalized spacial score (nSPS) is 24.6. The average Bonchev–Trinajstić information content (AvgIpc) is 3.41. The number of halogens is 2. The fourth-order valence-electron chi connectivity index (χ4n) is 4.78. The number of carbonyl (C=O) groups excluding carboxylic acids is 1. The fraction of sp³-hybridized carbons (Fsp3) is 0.474. The van der Waals surface area contributed by atoms with Crippen molar-refractivity contribution in [2.75, 3.05) is 21.9 Å². The number of rotatable bonds is 2. The Morgan fingerprint density at radius 2 is 2.03 bits per heavy atom. The number of hydrogen-bond acceptors (Lipinski definition) is 4. The summed E-state index contributed by atoms with van der Waals surface area (Å²) in [4.78, 5) is 14.8. The summed E-state index contributed by atoms with van der Waals surface area (Å²) in [7, 11) is -3.35. The SMILES string of the molecule is O=C(Nc1ccc(F)c(Cl)c1)N1Cc2c(N3CCCS3(=O)=O)cnn2[C@@H]2CCC[C@@H]21. The smallest absolute Gasteiger partial charge is 0.313 e. The molecule has 5 rings (SSSR count). The maximum absolute atomic E-state index is 13.4. The van der Waals surface area contributed by atoms with Crippen molar-refractivity contribution in [3.05, 3.63) is 40.9 Å². The van der Waals surface area contributed by atoms with Crippen LogP contribution in [0.4, 0.5) is 20.6 Å². The molecule has 0 spiro atoms. The molecule has 1 N–H and O–H groups in total. The van der Waals surface area contributed by atoms with Crippen LogP contribution in [0.5, 0.6) is 0 Å². The van der Waals surface area contributed by atoms with Gasteiger partial charge >= 0.3 is 6.03 Å². The maximum Gasteiger partial charge on any atom is 0.322 e. The highest BCUT2D eigenvalue weighted by molar-refractivity contribution is 7.93. The van der Waals surface area contributed by atoms with Crippen LogP contribution < -0.4 is 9.62 Å². The third kappa shape index (κ3) is 3.13. The summed E-state index contributed by atoms with van der Waals surface area (Å²) >= 11 is 5.83. The van der Waals surface area contributed by atoms with Crippen molar-refractivity contribution in [2.24, 2.45) is 0 Å². The molecule has 1 saturated carbocycles. The zero-order valence-corrected chi connectivity index (χ0v) is 17.7. The lowest BCUT2D eigenvalue weighted by atomic mass is 10.1. The minimum absolute atomic E-state index is 0.00960. The second kappa shape index (κ2) is 7.12. The molecule has 30 heavy (non-hydrogen) atoms. The lowest BCUT2D eigenvalue weighted by molar-refractivity contribution is 0.139. The quantitative estimate of drug-likeness (QED) is 0.755. The number of urea groups is 1. The van der Waals surface area contributed by atoms with Crippen molar-refractivity contribution in [2.45, 2.75) is 44.3 Å². The van der Waals surface area contributed by atoms with Crippen LogP contribution in [0.25, 0.3) is 0 Å². The number of aromatic nitrogens is 2. The van der Waals surface area contributed by atoms with E-state index in [-0.39, 0.29) is 35.4 Å². The molecule has 8 nitrogen and oxygen atoms in total. The number of fused-ring (bicyclic) bond motifs is 3. The van der Waals surface area contributed by atoms with Gasteiger partial charge in [-0.05, 0) is 43.9 Å². The molecule has 2 aromatic rings. The summed E-state index contributed by atoms with van der Waals surface area (Å²) in [6.07, 6.45) is 4.86. The molecule has 1 saturated heterocycles. The van der Waals surface area contributed by atoms with E-state index in [4.69, 9.17) is 11.6 Å². The standard InChI is InChI=1S/C19H21ClFN5O3S/c20-13-9-12(5-6-14(13)21)23-19(27)24-11-18-17(25-7-2-8-30(25,28)29)10-22-26(18)16-4-1-3-15(16)24/h5-6,9-10,15-16H,1-4,7-8,11H2,(H,23,27)/t15-,16+/m0/s1. The fourth-order valence-corrected chi connectivity index (χ4v) is 6.53. The first-order valence-electron chi connectivity index (χ1n) is 9.94. The van der Waals surface area contributed by atoms with Gasteiger partial charge in [-0.2, -0.15) is 5.10 Å². The number of hydrogen-bond donors (Lipinski definition) is 1. The van der Waals surface area contributed by atoms with Gasteiger partial charge in [0, 0.05) is 12.2 Å². The van der Waals surface area contributed by atoms with Crippen molar-refractivity contribution < 1.29 is 17.6 Å². The Hall–Kier alpha value is -2.33. The summed E-state index contributed by atoms with van der Waals surface area (Å²) < 4.78 is 41.6. The first kappa shape index (κ1) is 19.6. The average molecular weight is 454 g/mol. The Labute approximate surface area is 178 Å². The predicted octanol–water partition coefficient (Wildman–Crippen LogP) is 3.36. The van der Waals surface area contributed by atoms with Crippen LogP contribution in [-0.4, -0.2) is 47.5 Å². The highest BCUT2D eigenvalue weighted by Gasteiger charge is 2.44. The van der Waals surface area contributed by atoms with Gasteiger partial charge in [-0.15, -0.1) is 0 Å². The summed E-state index contributed by atoms with van der Waals surface area (Å²) in [6, 6.07) is 3.70. The van der Waals surface area contributed by atoms with E-state index in [0.29, 0.717) is 24.3 Å². The number of anilines is 2. The van der Waals surface area contributed by atoms with Gasteiger partial charge in [0.1, 0.15) is 5.82 Å². The van der Waals surface area contributed by atoms with Crippen LogP contribution >= 0.6 is 11.6 Å². The second-order valence-corrected chi connectivity index (χ2v) is 10.3. The van der Waals surface area contributed by atoms with Crippen molar-refractivity contribution in [3.63, 3.8) is 0 Å². The molecule has 0 unspecified atom stereocenters. The topological polar surface area (TPSA) is 87.5 Å². The predicted molar refractivity (Wildman–Crippen MR) is 111 cm³/mol. The van der Waals surface area contributed by atoms with Crippen molar-refractivity contribution >= 4 is 39.0 Å². The molecule has 2 aliphatic heterocycles. The number of amides is 2. The summed E-state index contributed by atoms with van der Waals surface area (Å²) in [6.45, 7) is 0.679. The molecular formula is C19H21ClFN5O3S. The van der Waals surface area contributed by atoms with Gasteiger partial charge in [-0.1, -0.05) is 11.6 Å². The molecule has 3 heterocycles. The summed E-state index contributed by atoms with van der Waals surface area (Å²) in [5.74, 6) is -0.428. The monoisotopic (exact) mass is 453 g/mol. The Bertz CT molecular complexity index is 1120. The largest absolute Gasteiger partial charge is 0.322 e. The lowest BCUT2D eigenvalue weighted by Crippen LogP contribution is -2.49. The third-order valence-electron chi connectivity index (χ3n) is 6.15. The Morgan fingerprint density at radius 3 is 2.77 bits per heavy atom. The minimum atomic E-state index is -3.35. The van der Waals surface area contributed by atoms with Gasteiger partial charge in [0.2, 0.25) is 10.0 Å². The van der Waals surface area contributed by atoms with Gasteiger partial charge < -0.3 is 10.2 Å². The minimum Gasteiger partial charge on any atom is -0.313 e. The van der Waals surface area contributed by atoms with Gasteiger partial charge in [-0.3, -0.25) is 8.99 Å². The van der Waals surface area contributed by atoms with Crippen molar-refractivity contribution in [1.29, 1.82) is 0 Å². The van der Waals surface area contributed by atoms with Crippen molar-refractivity contribution in [1.82, 2.24) is 14.7 Å². The molecule has 11 heteroatoms. The zero-order valence-electron chi connectivity index (χ0n) is 16.1. The molecule has 3 aliphatic rings. The van der Waals surface area contributed by atoms with Crippen LogP contribution in [-0.2, 0) is 16.6 Å². The molecule has 1 aromatic heterocycles. The van der Waals surface area contributed by atoms with Gasteiger partial charge in [0.25, 0.3) is 0 Å². The number of benzene rings is 1. The first-order valence-corrected chi connectivity index (χ1v) is 11.9. The third-order valence-corrected chi connectivity index (χ3v) is 8.30. The van der Waals surface area contributed by atoms with E-state index in [2.05, 4.69) is 10.4 Å². The molecule has 160 valence electrons. The molecule has 1 aromatic carbocycles. The van der Waals surface area contributed by atoms with Crippen LogP contribution in [0.2, 0.25) is 5.02 Å². The van der Waals surface area contributed by atoms with Gasteiger partial charge in [0.15, 0.2) is 0 Å². The van der Waals surface area contributed by atoms with E-state index in [0.717, 1.165) is 25.0 Å². The van der Waals surface area contributed by atoms with Gasteiger partial charge in [-0.25, -0.2) is 17.6 Å². The Kier molecular flexibility index (Phi) is 4.66. The van der Waals surface area contributed by atoms with E-state index in [1.54, 1.807) is 11.1 Å². The molecule has 2 fully saturated rings. The van der Waals surface area contributed by atoms with E-state index < -0.39 is 15.8 Å².